The molecule has 14 nitrogen and oxygen atoms in total. The summed E-state index contributed by atoms with van der Waals surface area (Å²) in [5.41, 5.74) is 0.412. The molecule has 0 radical (unpaired) electrons. The van der Waals surface area contributed by atoms with E-state index in [-0.39, 0.29) is 44.8 Å². The Labute approximate surface area is 285 Å². The number of ether oxygens (including phenoxy) is 3. The number of nitrogens with zero attached hydrogens (tertiary/aromatic N) is 4. The normalized spacial score (nSPS) is 14.2. The lowest BCUT2D eigenvalue weighted by Crippen LogP contribution is -2.48. The zero-order valence-corrected chi connectivity index (χ0v) is 29.8. The maximum Gasteiger partial charge on any atom is 0.528 e. The third-order valence-corrected chi connectivity index (χ3v) is 7.75. The van der Waals surface area contributed by atoms with Crippen molar-refractivity contribution in [2.24, 2.45) is 0 Å². The fourth-order valence-corrected chi connectivity index (χ4v) is 5.28. The van der Waals surface area contributed by atoms with E-state index in [4.69, 9.17) is 30.6 Å². The molecule has 16 heteroatoms. The average Bonchev–Trinajstić information content (AvgIpc) is 2.96. The zero-order valence-electron chi connectivity index (χ0n) is 28.2. The number of anilines is 3. The Morgan fingerprint density at radius 3 is 2.23 bits per heavy atom. The van der Waals surface area contributed by atoms with Crippen molar-refractivity contribution in [2.45, 2.75) is 52.6 Å². The van der Waals surface area contributed by atoms with E-state index in [0.717, 1.165) is 11.8 Å². The molecule has 1 aliphatic rings. The van der Waals surface area contributed by atoms with Gasteiger partial charge in [0, 0.05) is 30.9 Å². The average molecular weight is 705 g/mol. The highest BCUT2D eigenvalue weighted by atomic mass is 35.5. The smallest absolute Gasteiger partial charge is 0.492 e. The molecule has 0 saturated carbocycles. The van der Waals surface area contributed by atoms with Crippen molar-refractivity contribution in [3.05, 3.63) is 58.7 Å². The van der Waals surface area contributed by atoms with Crippen LogP contribution >= 0.6 is 11.6 Å². The van der Waals surface area contributed by atoms with E-state index in [2.05, 4.69) is 20.0 Å². The monoisotopic (exact) mass is 704 g/mol. The molecule has 0 aliphatic carbocycles. The summed E-state index contributed by atoms with van der Waals surface area (Å²) in [7, 11) is -2.26. The van der Waals surface area contributed by atoms with Crippen molar-refractivity contribution in [2.75, 3.05) is 54.5 Å². The number of methoxy groups -OCH3 is 1. The summed E-state index contributed by atoms with van der Waals surface area (Å²) >= 11 is 6.45. The van der Waals surface area contributed by atoms with Crippen LogP contribution in [0.25, 0.3) is 0 Å². The van der Waals surface area contributed by atoms with Gasteiger partial charge >= 0.3 is 6.16 Å². The Hall–Kier alpha value is -4.34. The van der Waals surface area contributed by atoms with Crippen LogP contribution in [0.5, 0.6) is 17.4 Å². The van der Waals surface area contributed by atoms with Gasteiger partial charge in [-0.1, -0.05) is 32.4 Å². The first kappa shape index (κ1) is 36.5. The molecule has 2 heterocycles. The second-order valence-electron chi connectivity index (χ2n) is 13.1. The van der Waals surface area contributed by atoms with E-state index in [1.807, 2.05) is 25.7 Å². The van der Waals surface area contributed by atoms with Crippen molar-refractivity contribution in [3.63, 3.8) is 0 Å². The molecule has 1 saturated heterocycles. The molecule has 0 bridgehead atoms. The van der Waals surface area contributed by atoms with Crippen molar-refractivity contribution in [1.29, 1.82) is 0 Å². The minimum absolute atomic E-state index is 0.151. The molecule has 3 aromatic rings. The lowest BCUT2D eigenvalue weighted by Gasteiger charge is -2.33. The molecular weight excluding hydrogens is 664 g/mol. The second kappa shape index (κ2) is 14.4. The number of nitrogens with one attached hydrogen (secondary N) is 2. The largest absolute Gasteiger partial charge is 0.528 e. The molecule has 1 aliphatic heterocycles. The molecule has 1 amide bonds. The van der Waals surface area contributed by atoms with Crippen LogP contribution in [0.1, 0.15) is 57.5 Å². The number of sulfonamides is 1. The van der Waals surface area contributed by atoms with Crippen LogP contribution in [-0.2, 0) is 25.0 Å². The number of hydrogen-bond acceptors (Lipinski definition) is 12. The number of carbonyl (C=O) groups excluding carboxylic acids is 2. The summed E-state index contributed by atoms with van der Waals surface area (Å²) in [5, 5.41) is 4.60. The minimum atomic E-state index is -3.64. The van der Waals surface area contributed by atoms with E-state index >= 15 is 0 Å². The summed E-state index contributed by atoms with van der Waals surface area (Å²) in [6.45, 7) is 13.0. The van der Waals surface area contributed by atoms with Crippen molar-refractivity contribution in [1.82, 2.24) is 15.0 Å². The van der Waals surface area contributed by atoms with E-state index in [9.17, 15) is 18.0 Å². The van der Waals surface area contributed by atoms with Crippen molar-refractivity contribution >= 4 is 51.0 Å². The topological polar surface area (TPSA) is 162 Å². The third kappa shape index (κ3) is 10.1. The van der Waals surface area contributed by atoms with Crippen LogP contribution in [0.2, 0.25) is 5.02 Å². The Bertz CT molecular complexity index is 1770. The number of benzene rings is 2. The molecular formula is C32H41ClN6O8S. The summed E-state index contributed by atoms with van der Waals surface area (Å²) in [6, 6.07) is 9.51. The zero-order chi connectivity index (χ0) is 35.4. The number of halogens is 1. The van der Waals surface area contributed by atoms with Crippen molar-refractivity contribution in [3.8, 4) is 17.4 Å². The molecule has 0 atom stereocenters. The standard InChI is InChI=1S/C32H41ClN6O8S/c1-31(2,3)21-18-23(27(44-7)24(19-21)37-48(8,42)43)35-28(40)20-9-10-22(33)25(17-20)45-26-11-12-34-29(36-26)38-13-15-39(16-14-38)47-30(41)46-32(4,5)6/h9-12,17-19,37H,13-16H2,1-8H3,(H,35,40). The van der Waals surface area contributed by atoms with Crippen LogP contribution in [-0.4, -0.2) is 80.7 Å². The molecule has 0 unspecified atom stereocenters. The predicted octanol–water partition coefficient (Wildman–Crippen LogP) is 5.84. The van der Waals surface area contributed by atoms with Gasteiger partial charge in [0.1, 0.15) is 11.4 Å². The Balaban J connectivity index is 1.49. The second-order valence-corrected chi connectivity index (χ2v) is 15.3. The van der Waals surface area contributed by atoms with Gasteiger partial charge < -0.3 is 29.3 Å². The van der Waals surface area contributed by atoms with Gasteiger partial charge in [0.25, 0.3) is 5.91 Å². The van der Waals surface area contributed by atoms with Gasteiger partial charge in [0.05, 0.1) is 42.9 Å². The number of aromatic nitrogens is 2. The first-order chi connectivity index (χ1) is 22.3. The van der Waals surface area contributed by atoms with E-state index in [0.29, 0.717) is 32.1 Å². The van der Waals surface area contributed by atoms with Crippen LogP contribution in [0.3, 0.4) is 0 Å². The van der Waals surface area contributed by atoms with E-state index in [1.54, 1.807) is 45.2 Å². The van der Waals surface area contributed by atoms with Crippen LogP contribution in [0.15, 0.2) is 42.6 Å². The highest BCUT2D eigenvalue weighted by Gasteiger charge is 2.26. The van der Waals surface area contributed by atoms with E-state index in [1.165, 1.54) is 30.4 Å². The van der Waals surface area contributed by atoms with Gasteiger partial charge in [0.15, 0.2) is 5.75 Å². The highest BCUT2D eigenvalue weighted by Crippen LogP contribution is 2.39. The third-order valence-electron chi connectivity index (χ3n) is 6.84. The van der Waals surface area contributed by atoms with Gasteiger partial charge in [-0.05, 0) is 62.1 Å². The maximum atomic E-state index is 13.5. The van der Waals surface area contributed by atoms with Gasteiger partial charge in [-0.3, -0.25) is 9.52 Å². The number of piperazine rings is 1. The number of hydrogen-bond donors (Lipinski definition) is 2. The fraction of sp³-hybridized carbons (Fsp3) is 0.438. The molecule has 4 rings (SSSR count). The van der Waals surface area contributed by atoms with Crippen molar-refractivity contribution < 1.29 is 37.1 Å². The Morgan fingerprint density at radius 1 is 0.958 bits per heavy atom. The fourth-order valence-electron chi connectivity index (χ4n) is 4.58. The molecule has 1 fully saturated rings. The summed E-state index contributed by atoms with van der Waals surface area (Å²) in [4.78, 5) is 41.6. The summed E-state index contributed by atoms with van der Waals surface area (Å²) < 4.78 is 43.4. The Morgan fingerprint density at radius 2 is 1.62 bits per heavy atom. The van der Waals surface area contributed by atoms with Gasteiger partial charge in [-0.15, -0.1) is 5.06 Å². The molecule has 0 spiro atoms. The first-order valence-corrected chi connectivity index (χ1v) is 17.3. The Kier molecular flexibility index (Phi) is 11.0. The van der Waals surface area contributed by atoms with Crippen LogP contribution in [0, 0.1) is 0 Å². The number of hydroxylamine groups is 2. The van der Waals surface area contributed by atoms with Crippen LogP contribution < -0.4 is 24.4 Å². The van der Waals surface area contributed by atoms with Gasteiger partial charge in [-0.2, -0.15) is 4.98 Å². The lowest BCUT2D eigenvalue weighted by atomic mass is 9.86. The predicted molar refractivity (Wildman–Crippen MR) is 183 cm³/mol. The van der Waals surface area contributed by atoms with Gasteiger partial charge in [-0.25, -0.2) is 18.2 Å². The number of carbonyl (C=O) groups is 2. The summed E-state index contributed by atoms with van der Waals surface area (Å²) in [6.07, 6.45) is 1.82. The minimum Gasteiger partial charge on any atom is -0.492 e. The lowest BCUT2D eigenvalue weighted by molar-refractivity contribution is -0.144. The quantitative estimate of drug-likeness (QED) is 0.256. The molecule has 260 valence electrons. The van der Waals surface area contributed by atoms with Gasteiger partial charge in [0.2, 0.25) is 21.9 Å². The van der Waals surface area contributed by atoms with E-state index < -0.39 is 27.7 Å². The molecule has 2 aromatic carbocycles. The SMILES string of the molecule is COc1c(NC(=O)c2ccc(Cl)c(Oc3ccnc(N4CCN(OC(=O)OC(C)(C)C)CC4)n3)c2)cc(C(C)(C)C)cc1NS(C)(=O)=O. The number of rotatable bonds is 9. The number of amides is 1. The highest BCUT2D eigenvalue weighted by molar-refractivity contribution is 7.92. The molecule has 48 heavy (non-hydrogen) atoms. The summed E-state index contributed by atoms with van der Waals surface area (Å²) in [5.74, 6) is 0.417. The maximum absolute atomic E-state index is 13.5. The molecule has 1 aromatic heterocycles. The van der Waals surface area contributed by atoms with Crippen LogP contribution in [0.4, 0.5) is 22.1 Å². The first-order valence-electron chi connectivity index (χ1n) is 15.0. The molecule has 2 N–H and O–H groups in total.